The number of fused-ring (bicyclic) bond motifs is 1. The normalized spacial score (nSPS) is 20.4. The van der Waals surface area contributed by atoms with E-state index in [9.17, 15) is 9.59 Å². The average molecular weight is 418 g/mol. The Bertz CT molecular complexity index is 737. The Hall–Kier alpha value is -2.28. The summed E-state index contributed by atoms with van der Waals surface area (Å²) in [5.41, 5.74) is 6.31. The summed E-state index contributed by atoms with van der Waals surface area (Å²) in [4.78, 5) is 26.1. The third-order valence-electron chi connectivity index (χ3n) is 5.88. The summed E-state index contributed by atoms with van der Waals surface area (Å²) in [7, 11) is 0. The van der Waals surface area contributed by atoms with Crippen LogP contribution in [0.3, 0.4) is 0 Å². The number of nitrogens with zero attached hydrogens (tertiary/aromatic N) is 1. The van der Waals surface area contributed by atoms with Gasteiger partial charge in [0.1, 0.15) is 0 Å². The maximum absolute atomic E-state index is 12.8. The molecule has 0 aliphatic carbocycles. The van der Waals surface area contributed by atoms with Crippen molar-refractivity contribution in [1.82, 2.24) is 10.2 Å². The van der Waals surface area contributed by atoms with Gasteiger partial charge in [0.15, 0.2) is 11.5 Å². The lowest BCUT2D eigenvalue weighted by Gasteiger charge is -2.33. The van der Waals surface area contributed by atoms with Gasteiger partial charge in [-0.05, 0) is 55.3 Å². The molecule has 0 saturated carbocycles. The molecule has 1 fully saturated rings. The van der Waals surface area contributed by atoms with Crippen LogP contribution in [-0.4, -0.2) is 49.6 Å². The number of amides is 2. The molecule has 1 aromatic carbocycles. The van der Waals surface area contributed by atoms with E-state index in [0.29, 0.717) is 32.1 Å². The van der Waals surface area contributed by atoms with Gasteiger partial charge in [-0.2, -0.15) is 0 Å². The smallest absolute Gasteiger partial charge is 0.234 e. The number of nitrogens with two attached hydrogens (primary N) is 1. The molecular formula is C23H35N3O4. The monoisotopic (exact) mass is 417 g/mol. The minimum Gasteiger partial charge on any atom is -0.490 e. The molecule has 2 aliphatic heterocycles. The van der Waals surface area contributed by atoms with E-state index in [0.717, 1.165) is 55.8 Å². The summed E-state index contributed by atoms with van der Waals surface area (Å²) in [6.07, 6.45) is 4.23. The van der Waals surface area contributed by atoms with Gasteiger partial charge in [-0.3, -0.25) is 14.5 Å². The zero-order valence-corrected chi connectivity index (χ0v) is 18.2. The Labute approximate surface area is 179 Å². The molecule has 2 unspecified atom stereocenters. The second-order valence-corrected chi connectivity index (χ2v) is 8.79. The molecule has 30 heavy (non-hydrogen) atoms. The number of carbonyl (C=O) groups excluding carboxylic acids is 2. The van der Waals surface area contributed by atoms with Gasteiger partial charge in [0.2, 0.25) is 11.8 Å². The Morgan fingerprint density at radius 2 is 1.97 bits per heavy atom. The van der Waals surface area contributed by atoms with E-state index in [1.54, 1.807) is 0 Å². The van der Waals surface area contributed by atoms with Crippen LogP contribution in [0.1, 0.15) is 57.6 Å². The van der Waals surface area contributed by atoms with E-state index in [2.05, 4.69) is 24.1 Å². The molecule has 1 saturated heterocycles. The topological polar surface area (TPSA) is 93.9 Å². The lowest BCUT2D eigenvalue weighted by atomic mass is 9.93. The van der Waals surface area contributed by atoms with Gasteiger partial charge < -0.3 is 20.5 Å². The Kier molecular flexibility index (Phi) is 7.96. The third kappa shape index (κ3) is 6.36. The van der Waals surface area contributed by atoms with Gasteiger partial charge in [-0.25, -0.2) is 0 Å². The number of hydrogen-bond acceptors (Lipinski definition) is 5. The second-order valence-electron chi connectivity index (χ2n) is 8.79. The lowest BCUT2D eigenvalue weighted by molar-refractivity contribution is -0.124. The van der Waals surface area contributed by atoms with Gasteiger partial charge in [-0.1, -0.05) is 19.9 Å². The molecule has 3 N–H and O–H groups in total. The molecule has 0 radical (unpaired) electrons. The van der Waals surface area contributed by atoms with E-state index in [4.69, 9.17) is 15.2 Å². The van der Waals surface area contributed by atoms with Gasteiger partial charge in [-0.15, -0.1) is 0 Å². The first kappa shape index (κ1) is 22.4. The maximum Gasteiger partial charge on any atom is 0.234 e. The number of nitrogens with one attached hydrogen (secondary N) is 1. The molecule has 0 aromatic heterocycles. The molecular weight excluding hydrogens is 382 g/mol. The SMILES string of the molecule is CC(C)C(NC(=O)CN1CCCC(CCC(N)=O)C1)c1ccc2c(c1)OCCCO2. The average Bonchev–Trinajstić information content (AvgIpc) is 2.95. The maximum atomic E-state index is 12.8. The van der Waals surface area contributed by atoms with Crippen LogP contribution in [0.5, 0.6) is 11.5 Å². The van der Waals surface area contributed by atoms with Gasteiger partial charge >= 0.3 is 0 Å². The highest BCUT2D eigenvalue weighted by atomic mass is 16.5. The number of likely N-dealkylation sites (tertiary alicyclic amines) is 1. The number of benzene rings is 1. The lowest BCUT2D eigenvalue weighted by Crippen LogP contribution is -2.44. The number of carbonyl (C=O) groups is 2. The number of primary amides is 1. The standard InChI is InChI=1S/C23H35N3O4/c1-16(2)23(18-7-8-19-20(13-18)30-12-4-11-29-19)25-22(28)15-26-10-3-5-17(14-26)6-9-21(24)27/h7-8,13,16-17,23H,3-6,9-12,14-15H2,1-2H3,(H2,24,27)(H,25,28). The zero-order chi connectivity index (χ0) is 21.5. The highest BCUT2D eigenvalue weighted by Crippen LogP contribution is 2.34. The summed E-state index contributed by atoms with van der Waals surface area (Å²) in [6, 6.07) is 5.85. The van der Waals surface area contributed by atoms with Crippen LogP contribution in [0.25, 0.3) is 0 Å². The molecule has 1 aromatic rings. The van der Waals surface area contributed by atoms with E-state index in [1.807, 2.05) is 18.2 Å². The predicted molar refractivity (Wildman–Crippen MR) is 115 cm³/mol. The first-order valence-electron chi connectivity index (χ1n) is 11.1. The third-order valence-corrected chi connectivity index (χ3v) is 5.88. The van der Waals surface area contributed by atoms with Crippen molar-refractivity contribution in [3.8, 4) is 11.5 Å². The van der Waals surface area contributed by atoms with E-state index in [1.165, 1.54) is 0 Å². The molecule has 3 rings (SSSR count). The molecule has 0 bridgehead atoms. The van der Waals surface area contributed by atoms with E-state index in [-0.39, 0.29) is 23.8 Å². The Morgan fingerprint density at radius 1 is 1.20 bits per heavy atom. The van der Waals surface area contributed by atoms with Gasteiger partial charge in [0.05, 0.1) is 25.8 Å². The summed E-state index contributed by atoms with van der Waals surface area (Å²) < 4.78 is 11.5. The second kappa shape index (κ2) is 10.7. The van der Waals surface area contributed by atoms with E-state index < -0.39 is 0 Å². The fraction of sp³-hybridized carbons (Fsp3) is 0.652. The van der Waals surface area contributed by atoms with Crippen molar-refractivity contribution in [1.29, 1.82) is 0 Å². The van der Waals surface area contributed by atoms with Crippen molar-refractivity contribution in [3.05, 3.63) is 23.8 Å². The molecule has 7 heteroatoms. The van der Waals surface area contributed by atoms with Crippen LogP contribution in [0, 0.1) is 11.8 Å². The van der Waals surface area contributed by atoms with Crippen LogP contribution in [-0.2, 0) is 9.59 Å². The molecule has 166 valence electrons. The first-order valence-corrected chi connectivity index (χ1v) is 11.1. The van der Waals surface area contributed by atoms with Crippen LogP contribution < -0.4 is 20.5 Å². The highest BCUT2D eigenvalue weighted by molar-refractivity contribution is 5.78. The van der Waals surface area contributed by atoms with Crippen molar-refractivity contribution < 1.29 is 19.1 Å². The molecule has 2 heterocycles. The zero-order valence-electron chi connectivity index (χ0n) is 18.2. The van der Waals surface area contributed by atoms with Crippen molar-refractivity contribution in [3.63, 3.8) is 0 Å². The quantitative estimate of drug-likeness (QED) is 0.678. The van der Waals surface area contributed by atoms with Crippen molar-refractivity contribution >= 4 is 11.8 Å². The van der Waals surface area contributed by atoms with E-state index >= 15 is 0 Å². The molecule has 0 spiro atoms. The number of hydrogen-bond donors (Lipinski definition) is 2. The molecule has 2 amide bonds. The summed E-state index contributed by atoms with van der Waals surface area (Å²) in [6.45, 7) is 7.65. The number of rotatable bonds is 8. The van der Waals surface area contributed by atoms with Crippen LogP contribution >= 0.6 is 0 Å². The summed E-state index contributed by atoms with van der Waals surface area (Å²) in [5, 5.41) is 3.22. The number of ether oxygens (including phenoxy) is 2. The molecule has 2 aliphatic rings. The molecule has 7 nitrogen and oxygen atoms in total. The first-order chi connectivity index (χ1) is 14.4. The van der Waals surface area contributed by atoms with Crippen LogP contribution in [0.4, 0.5) is 0 Å². The van der Waals surface area contributed by atoms with Crippen molar-refractivity contribution in [2.75, 3.05) is 32.8 Å². The highest BCUT2D eigenvalue weighted by Gasteiger charge is 2.25. The Morgan fingerprint density at radius 3 is 2.70 bits per heavy atom. The van der Waals surface area contributed by atoms with Crippen LogP contribution in [0.2, 0.25) is 0 Å². The minimum absolute atomic E-state index is 0.0244. The predicted octanol–water partition coefficient (Wildman–Crippen LogP) is 2.64. The Balaban J connectivity index is 1.59. The van der Waals surface area contributed by atoms with Gasteiger partial charge in [0.25, 0.3) is 0 Å². The minimum atomic E-state index is -0.250. The fourth-order valence-corrected chi connectivity index (χ4v) is 4.31. The largest absolute Gasteiger partial charge is 0.490 e. The fourth-order valence-electron chi connectivity index (χ4n) is 4.31. The number of piperidine rings is 1. The van der Waals surface area contributed by atoms with Crippen molar-refractivity contribution in [2.45, 2.75) is 52.0 Å². The van der Waals surface area contributed by atoms with Crippen LogP contribution in [0.15, 0.2) is 18.2 Å². The van der Waals surface area contributed by atoms with Crippen molar-refractivity contribution in [2.24, 2.45) is 17.6 Å². The van der Waals surface area contributed by atoms with Gasteiger partial charge in [0, 0.05) is 19.4 Å². The summed E-state index contributed by atoms with van der Waals surface area (Å²) >= 11 is 0. The summed E-state index contributed by atoms with van der Waals surface area (Å²) in [5.74, 6) is 1.96. The molecule has 2 atom stereocenters.